The molecule has 1 aliphatic rings. The molecule has 0 aromatic carbocycles. The molecule has 1 aromatic rings. The number of carbonyl (C=O) groups excluding carboxylic acids is 2. The summed E-state index contributed by atoms with van der Waals surface area (Å²) in [7, 11) is -3.82. The summed E-state index contributed by atoms with van der Waals surface area (Å²) in [6.07, 6.45) is 2.51. The maximum absolute atomic E-state index is 12.0. The second-order valence-corrected chi connectivity index (χ2v) is 6.38. The second-order valence-electron chi connectivity index (χ2n) is 4.53. The number of rotatable bonds is 4. The quantitative estimate of drug-likeness (QED) is 0.759. The Labute approximate surface area is 121 Å². The summed E-state index contributed by atoms with van der Waals surface area (Å²) < 4.78 is 27.6. The van der Waals surface area contributed by atoms with Gasteiger partial charge >= 0.3 is 5.97 Å². The number of ether oxygens (including phenoxy) is 1. The van der Waals surface area contributed by atoms with Crippen LogP contribution in [0.15, 0.2) is 18.5 Å². The van der Waals surface area contributed by atoms with E-state index in [1.165, 1.54) is 23.4 Å². The van der Waals surface area contributed by atoms with Crippen molar-refractivity contribution in [2.24, 2.45) is 5.14 Å². The van der Waals surface area contributed by atoms with Crippen LogP contribution in [0.2, 0.25) is 0 Å². The predicted molar refractivity (Wildman–Crippen MR) is 74.1 cm³/mol. The molecule has 0 aliphatic carbocycles. The van der Waals surface area contributed by atoms with E-state index in [9.17, 15) is 18.0 Å². The van der Waals surface area contributed by atoms with Gasteiger partial charge < -0.3 is 9.64 Å². The number of hydrogen-bond donors (Lipinski definition) is 1. The van der Waals surface area contributed by atoms with Gasteiger partial charge in [0, 0.05) is 19.2 Å². The Morgan fingerprint density at radius 1 is 1.57 bits per heavy atom. The van der Waals surface area contributed by atoms with Crippen molar-refractivity contribution in [1.82, 2.24) is 4.98 Å². The van der Waals surface area contributed by atoms with Gasteiger partial charge in [0.2, 0.25) is 15.9 Å². The summed E-state index contributed by atoms with van der Waals surface area (Å²) >= 11 is 0. The van der Waals surface area contributed by atoms with Crippen LogP contribution in [0.3, 0.4) is 0 Å². The van der Waals surface area contributed by atoms with Crippen LogP contribution in [0.4, 0.5) is 5.69 Å². The largest absolute Gasteiger partial charge is 0.462 e. The first-order valence-electron chi connectivity index (χ1n) is 6.27. The van der Waals surface area contributed by atoms with Gasteiger partial charge in [-0.25, -0.2) is 18.4 Å². The fourth-order valence-electron chi connectivity index (χ4n) is 2.11. The lowest BCUT2D eigenvalue weighted by molar-refractivity contribution is -0.117. The molecular weight excluding hydrogens is 298 g/mol. The Morgan fingerprint density at radius 3 is 2.86 bits per heavy atom. The molecule has 8 nitrogen and oxygen atoms in total. The minimum absolute atomic E-state index is 0.101. The molecule has 9 heteroatoms. The standard InChI is InChI=1S/C12H15N3O5S/c1-2-20-12(17)9-3-4-14-6-10(9)15-7-8(5-11(15)16)21(13,18)19/h3-4,6,8H,2,5,7H2,1H3,(H2,13,18,19). The smallest absolute Gasteiger partial charge is 0.340 e. The van der Waals surface area contributed by atoms with Crippen molar-refractivity contribution >= 4 is 27.6 Å². The highest BCUT2D eigenvalue weighted by Crippen LogP contribution is 2.27. The fourth-order valence-corrected chi connectivity index (χ4v) is 2.84. The third-order valence-electron chi connectivity index (χ3n) is 3.14. The van der Waals surface area contributed by atoms with E-state index in [0.717, 1.165) is 0 Å². The van der Waals surface area contributed by atoms with Gasteiger partial charge in [-0.15, -0.1) is 0 Å². The maximum Gasteiger partial charge on any atom is 0.340 e. The number of pyridine rings is 1. The van der Waals surface area contributed by atoms with Crippen molar-refractivity contribution in [3.8, 4) is 0 Å². The third-order valence-corrected chi connectivity index (χ3v) is 4.39. The zero-order valence-corrected chi connectivity index (χ0v) is 12.2. The van der Waals surface area contributed by atoms with Gasteiger partial charge in [0.1, 0.15) is 5.25 Å². The lowest BCUT2D eigenvalue weighted by Crippen LogP contribution is -2.32. The van der Waals surface area contributed by atoms with Crippen LogP contribution >= 0.6 is 0 Å². The topological polar surface area (TPSA) is 120 Å². The van der Waals surface area contributed by atoms with Gasteiger partial charge in [-0.2, -0.15) is 0 Å². The number of aromatic nitrogens is 1. The highest BCUT2D eigenvalue weighted by molar-refractivity contribution is 7.89. The maximum atomic E-state index is 12.0. The van der Waals surface area contributed by atoms with E-state index >= 15 is 0 Å². The van der Waals surface area contributed by atoms with E-state index in [0.29, 0.717) is 0 Å². The first-order chi connectivity index (χ1) is 9.84. The molecule has 2 heterocycles. The molecule has 1 atom stereocenters. The average Bonchev–Trinajstić information content (AvgIpc) is 2.81. The average molecular weight is 313 g/mol. The zero-order chi connectivity index (χ0) is 15.6. The number of nitrogens with two attached hydrogens (primary N) is 1. The number of primary sulfonamides is 1. The molecule has 1 aliphatic heterocycles. The van der Waals surface area contributed by atoms with Crippen LogP contribution in [-0.2, 0) is 19.6 Å². The number of hydrogen-bond acceptors (Lipinski definition) is 6. The lowest BCUT2D eigenvalue weighted by Gasteiger charge is -2.18. The number of esters is 1. The monoisotopic (exact) mass is 313 g/mol. The first-order valence-corrected chi connectivity index (χ1v) is 7.88. The molecule has 1 fully saturated rings. The summed E-state index contributed by atoms with van der Waals surface area (Å²) in [6.45, 7) is 1.75. The van der Waals surface area contributed by atoms with E-state index < -0.39 is 27.1 Å². The Morgan fingerprint density at radius 2 is 2.29 bits per heavy atom. The highest BCUT2D eigenvalue weighted by Gasteiger charge is 2.38. The molecule has 114 valence electrons. The molecule has 1 amide bonds. The van der Waals surface area contributed by atoms with Crippen molar-refractivity contribution in [2.45, 2.75) is 18.6 Å². The van der Waals surface area contributed by atoms with Crippen molar-refractivity contribution in [3.05, 3.63) is 24.0 Å². The molecule has 0 saturated carbocycles. The van der Waals surface area contributed by atoms with E-state index in [1.54, 1.807) is 6.92 Å². The molecule has 2 N–H and O–H groups in total. The van der Waals surface area contributed by atoms with Crippen LogP contribution < -0.4 is 10.0 Å². The van der Waals surface area contributed by atoms with Crippen molar-refractivity contribution in [2.75, 3.05) is 18.1 Å². The molecule has 0 bridgehead atoms. The number of nitrogens with zero attached hydrogens (tertiary/aromatic N) is 2. The number of carbonyl (C=O) groups is 2. The van der Waals surface area contributed by atoms with Crippen molar-refractivity contribution in [3.63, 3.8) is 0 Å². The summed E-state index contributed by atoms with van der Waals surface area (Å²) in [5.41, 5.74) is 0.391. The molecule has 1 saturated heterocycles. The van der Waals surface area contributed by atoms with Crippen LogP contribution in [0.1, 0.15) is 23.7 Å². The van der Waals surface area contributed by atoms with E-state index in [-0.39, 0.29) is 30.8 Å². The molecular formula is C12H15N3O5S. The molecule has 1 aromatic heterocycles. The van der Waals surface area contributed by atoms with Gasteiger partial charge in [0.05, 0.1) is 24.1 Å². The van der Waals surface area contributed by atoms with Crippen LogP contribution in [0.25, 0.3) is 0 Å². The summed E-state index contributed by atoms with van der Waals surface area (Å²) in [5.74, 6) is -1.02. The summed E-state index contributed by atoms with van der Waals surface area (Å²) in [6, 6.07) is 1.42. The minimum Gasteiger partial charge on any atom is -0.462 e. The summed E-state index contributed by atoms with van der Waals surface area (Å²) in [5, 5.41) is 4.09. The Hall–Kier alpha value is -2.00. The zero-order valence-electron chi connectivity index (χ0n) is 11.4. The van der Waals surface area contributed by atoms with Crippen LogP contribution in [0.5, 0.6) is 0 Å². The van der Waals surface area contributed by atoms with Gasteiger partial charge in [-0.05, 0) is 13.0 Å². The van der Waals surface area contributed by atoms with Crippen molar-refractivity contribution in [1.29, 1.82) is 0 Å². The second kappa shape index (κ2) is 5.78. The van der Waals surface area contributed by atoms with E-state index in [1.807, 2.05) is 0 Å². The molecule has 21 heavy (non-hydrogen) atoms. The number of anilines is 1. The van der Waals surface area contributed by atoms with Crippen LogP contribution in [-0.4, -0.2) is 43.7 Å². The Bertz CT molecular complexity index is 673. The van der Waals surface area contributed by atoms with E-state index in [4.69, 9.17) is 9.88 Å². The van der Waals surface area contributed by atoms with Gasteiger partial charge in [-0.3, -0.25) is 9.78 Å². The normalized spacial score (nSPS) is 18.9. The Balaban J connectivity index is 2.35. The molecule has 0 radical (unpaired) electrons. The summed E-state index contributed by atoms with van der Waals surface area (Å²) in [4.78, 5) is 28.9. The minimum atomic E-state index is -3.82. The number of sulfonamides is 1. The fraction of sp³-hybridized carbons (Fsp3) is 0.417. The Kier molecular flexibility index (Phi) is 4.24. The highest BCUT2D eigenvalue weighted by atomic mass is 32.2. The van der Waals surface area contributed by atoms with Gasteiger partial charge in [0.25, 0.3) is 0 Å². The van der Waals surface area contributed by atoms with Gasteiger partial charge in [0.15, 0.2) is 0 Å². The molecule has 0 spiro atoms. The number of amides is 1. The van der Waals surface area contributed by atoms with Gasteiger partial charge in [-0.1, -0.05) is 0 Å². The molecule has 1 unspecified atom stereocenters. The third kappa shape index (κ3) is 3.19. The first kappa shape index (κ1) is 15.4. The van der Waals surface area contributed by atoms with Crippen LogP contribution in [0, 0.1) is 0 Å². The SMILES string of the molecule is CCOC(=O)c1ccncc1N1CC(S(N)(=O)=O)CC1=O. The predicted octanol–water partition coefficient (Wildman–Crippen LogP) is -0.348. The lowest BCUT2D eigenvalue weighted by atomic mass is 10.2. The molecule has 2 rings (SSSR count). The van der Waals surface area contributed by atoms with E-state index in [2.05, 4.69) is 4.98 Å². The van der Waals surface area contributed by atoms with Crippen molar-refractivity contribution < 1.29 is 22.7 Å².